The molecular formula is C36H36F2N6O4. The van der Waals surface area contributed by atoms with Gasteiger partial charge in [-0.2, -0.15) is 0 Å². The predicted molar refractivity (Wildman–Crippen MR) is 180 cm³/mol. The van der Waals surface area contributed by atoms with Crippen molar-refractivity contribution in [2.24, 2.45) is 7.05 Å². The van der Waals surface area contributed by atoms with Gasteiger partial charge >= 0.3 is 0 Å². The van der Waals surface area contributed by atoms with Gasteiger partial charge in [-0.25, -0.2) is 13.8 Å². The van der Waals surface area contributed by atoms with Gasteiger partial charge < -0.3 is 34.0 Å². The molecule has 1 fully saturated rings. The Labute approximate surface area is 275 Å². The van der Waals surface area contributed by atoms with Gasteiger partial charge in [-0.1, -0.05) is 12.1 Å². The highest BCUT2D eigenvalue weighted by Crippen LogP contribution is 2.47. The first kappa shape index (κ1) is 31.5. The molecular weight excluding hydrogens is 618 g/mol. The number of hydrogen-bond acceptors (Lipinski definition) is 7. The zero-order valence-electron chi connectivity index (χ0n) is 27.2. The molecule has 48 heavy (non-hydrogen) atoms. The Morgan fingerprint density at radius 2 is 1.96 bits per heavy atom. The van der Waals surface area contributed by atoms with Gasteiger partial charge in [0.05, 0.1) is 41.7 Å². The number of pyridine rings is 1. The van der Waals surface area contributed by atoms with Crippen LogP contribution in [0.4, 0.5) is 20.2 Å². The normalized spacial score (nSPS) is 16.0. The number of aromatic nitrogens is 3. The summed E-state index contributed by atoms with van der Waals surface area (Å²) in [7, 11) is 5.62. The molecule has 7 rings (SSSR count). The molecule has 0 bridgehead atoms. The number of nitrogens with zero attached hydrogens (tertiary/aromatic N) is 4. The first-order valence-corrected chi connectivity index (χ1v) is 15.9. The van der Waals surface area contributed by atoms with Crippen LogP contribution in [0, 0.1) is 18.6 Å². The molecule has 1 amide bonds. The van der Waals surface area contributed by atoms with E-state index in [1.807, 2.05) is 43.8 Å². The first-order valence-electron chi connectivity index (χ1n) is 15.9. The number of ketones is 1. The summed E-state index contributed by atoms with van der Waals surface area (Å²) in [4.78, 5) is 33.4. The molecule has 2 N–H and O–H groups in total. The van der Waals surface area contributed by atoms with Crippen molar-refractivity contribution in [1.82, 2.24) is 19.3 Å². The summed E-state index contributed by atoms with van der Waals surface area (Å²) in [5, 5.41) is 5.48. The second-order valence-electron chi connectivity index (χ2n) is 12.3. The van der Waals surface area contributed by atoms with E-state index < -0.39 is 29.0 Å². The first-order chi connectivity index (χ1) is 23.2. The molecule has 0 aliphatic carbocycles. The van der Waals surface area contributed by atoms with Crippen LogP contribution < -0.4 is 20.3 Å². The van der Waals surface area contributed by atoms with Crippen LogP contribution in [0.2, 0.25) is 0 Å². The molecule has 3 aromatic heterocycles. The van der Waals surface area contributed by atoms with Crippen LogP contribution in [-0.4, -0.2) is 72.1 Å². The van der Waals surface area contributed by atoms with Crippen LogP contribution in [0.3, 0.4) is 0 Å². The Kier molecular flexibility index (Phi) is 8.22. The number of carbonyl (C=O) groups excluding carboxylic acids is 2. The van der Waals surface area contributed by atoms with Gasteiger partial charge in [-0.15, -0.1) is 0 Å². The van der Waals surface area contributed by atoms with Gasteiger partial charge in [0.1, 0.15) is 34.4 Å². The minimum Gasteiger partial charge on any atom is -0.496 e. The lowest BCUT2D eigenvalue weighted by Crippen LogP contribution is -2.29. The van der Waals surface area contributed by atoms with Gasteiger partial charge in [-0.3, -0.25) is 9.59 Å². The van der Waals surface area contributed by atoms with Crippen molar-refractivity contribution < 1.29 is 27.8 Å². The van der Waals surface area contributed by atoms with Crippen LogP contribution in [-0.2, 0) is 23.0 Å². The summed E-state index contributed by atoms with van der Waals surface area (Å²) in [6, 6.07) is 9.72. The molecule has 1 atom stereocenters. The molecule has 248 valence electrons. The number of likely N-dealkylation sites (N-methyl/N-ethyl adjacent to an activating group) is 1. The zero-order chi connectivity index (χ0) is 33.7. The van der Waals surface area contributed by atoms with E-state index in [1.165, 1.54) is 6.08 Å². The van der Waals surface area contributed by atoms with E-state index in [1.54, 1.807) is 29.8 Å². The molecule has 0 radical (unpaired) electrons. The number of benzene rings is 2. The van der Waals surface area contributed by atoms with Crippen LogP contribution in [0.1, 0.15) is 33.9 Å². The van der Waals surface area contributed by atoms with E-state index in [4.69, 9.17) is 14.5 Å². The van der Waals surface area contributed by atoms with E-state index in [-0.39, 0.29) is 17.3 Å². The fourth-order valence-corrected chi connectivity index (χ4v) is 6.73. The molecule has 0 spiro atoms. The third-order valence-corrected chi connectivity index (χ3v) is 9.30. The van der Waals surface area contributed by atoms with Crippen LogP contribution in [0.25, 0.3) is 27.7 Å². The number of rotatable bonds is 8. The molecule has 5 aromatic rings. The van der Waals surface area contributed by atoms with Crippen molar-refractivity contribution in [3.63, 3.8) is 0 Å². The molecule has 2 aromatic carbocycles. The summed E-state index contributed by atoms with van der Waals surface area (Å²) in [5.74, 6) is -1.79. The Bertz CT molecular complexity index is 2110. The fraction of sp³-hybridized carbons (Fsp3) is 0.306. The molecule has 12 heteroatoms. The Morgan fingerprint density at radius 3 is 2.69 bits per heavy atom. The highest BCUT2D eigenvalue weighted by molar-refractivity contribution is 6.11. The van der Waals surface area contributed by atoms with E-state index in [0.29, 0.717) is 38.5 Å². The molecule has 2 aliphatic rings. The lowest BCUT2D eigenvalue weighted by molar-refractivity contribution is -0.112. The number of methoxy groups -OCH3 is 1. The number of fused-ring (bicyclic) bond motifs is 4. The SMILES string of the molecule is COc1cc2c(nc(C)n2C)c2c1-c1cccn3c(C(=O)c4cc(F)c(NC(=O)/C=C/CN[C@H]5CCOC5)c(F)c4)cc(c13)CCN2C. The minimum absolute atomic E-state index is 0.173. The maximum atomic E-state index is 15.3. The largest absolute Gasteiger partial charge is 0.496 e. The van der Waals surface area contributed by atoms with Gasteiger partial charge in [0.25, 0.3) is 0 Å². The second-order valence-corrected chi connectivity index (χ2v) is 12.3. The minimum atomic E-state index is -1.05. The maximum absolute atomic E-state index is 15.3. The number of anilines is 2. The standard InChI is InChI=1S/C36H36F2N6O4/c1-20-40-33-27(43(20)3)18-29(47-4)31-24-7-6-12-44-28(17-21(34(24)44)9-13-42(2)35(31)33)36(46)22-15-25(37)32(26(38)16-22)41-30(45)8-5-11-39-23-10-14-48-19-23/h5-8,12,15-18,23,39H,9-11,13-14,19H2,1-4H3,(H,41,45)/b8-5+/t23-/m0/s1. The summed E-state index contributed by atoms with van der Waals surface area (Å²) >= 11 is 0. The van der Waals surface area contributed by atoms with Crippen molar-refractivity contribution in [3.8, 4) is 16.9 Å². The van der Waals surface area contributed by atoms with Crippen LogP contribution in [0.15, 0.2) is 54.7 Å². The number of imidazole rings is 1. The third kappa shape index (κ3) is 5.40. The Balaban J connectivity index is 1.23. The number of ether oxygens (including phenoxy) is 2. The zero-order valence-corrected chi connectivity index (χ0v) is 27.2. The number of hydrogen-bond donors (Lipinski definition) is 2. The van der Waals surface area contributed by atoms with Gasteiger partial charge in [-0.05, 0) is 49.6 Å². The second kappa shape index (κ2) is 12.5. The Morgan fingerprint density at radius 1 is 1.17 bits per heavy atom. The monoisotopic (exact) mass is 654 g/mol. The topological polar surface area (TPSA) is 102 Å². The molecule has 0 unspecified atom stereocenters. The van der Waals surface area contributed by atoms with Crippen molar-refractivity contribution >= 4 is 39.6 Å². The predicted octanol–water partition coefficient (Wildman–Crippen LogP) is 5.18. The molecule has 2 aliphatic heterocycles. The number of aryl methyl sites for hydroxylation is 2. The average molecular weight is 655 g/mol. The molecule has 0 saturated carbocycles. The van der Waals surface area contributed by atoms with Crippen molar-refractivity contribution in [2.45, 2.75) is 25.8 Å². The average Bonchev–Trinajstić information content (AvgIpc) is 3.80. The maximum Gasteiger partial charge on any atom is 0.248 e. The highest BCUT2D eigenvalue weighted by Gasteiger charge is 2.29. The molecule has 10 nitrogen and oxygen atoms in total. The lowest BCUT2D eigenvalue weighted by Gasteiger charge is -2.27. The molecule has 5 heterocycles. The van der Waals surface area contributed by atoms with Gasteiger partial charge in [0.2, 0.25) is 11.7 Å². The van der Waals surface area contributed by atoms with Crippen molar-refractivity contribution in [1.29, 1.82) is 0 Å². The number of halogens is 2. The third-order valence-electron chi connectivity index (χ3n) is 9.30. The summed E-state index contributed by atoms with van der Waals surface area (Å²) in [6.45, 7) is 4.30. The molecule has 1 saturated heterocycles. The van der Waals surface area contributed by atoms with Gasteiger partial charge in [0.15, 0.2) is 0 Å². The Hall–Kier alpha value is -5.07. The van der Waals surface area contributed by atoms with Crippen molar-refractivity contribution in [3.05, 3.63) is 89.0 Å². The quantitative estimate of drug-likeness (QED) is 0.176. The summed E-state index contributed by atoms with van der Waals surface area (Å²) < 4.78 is 45.6. The van der Waals surface area contributed by atoms with Crippen molar-refractivity contribution in [2.75, 3.05) is 50.7 Å². The van der Waals surface area contributed by atoms with E-state index >= 15 is 8.78 Å². The lowest BCUT2D eigenvalue weighted by atomic mass is 9.96. The number of amides is 1. The number of nitrogens with one attached hydrogen (secondary N) is 2. The summed E-state index contributed by atoms with van der Waals surface area (Å²) in [6.07, 6.45) is 6.06. The van der Waals surface area contributed by atoms with E-state index in [0.717, 1.165) is 63.3 Å². The van der Waals surface area contributed by atoms with Crippen LogP contribution in [0.5, 0.6) is 5.75 Å². The van der Waals surface area contributed by atoms with E-state index in [9.17, 15) is 9.59 Å². The fourth-order valence-electron chi connectivity index (χ4n) is 6.73. The number of carbonyl (C=O) groups is 2. The summed E-state index contributed by atoms with van der Waals surface area (Å²) in [5.41, 5.74) is 5.63. The smallest absolute Gasteiger partial charge is 0.248 e. The van der Waals surface area contributed by atoms with E-state index in [2.05, 4.69) is 15.5 Å². The highest BCUT2D eigenvalue weighted by atomic mass is 19.1. The van der Waals surface area contributed by atoms with Gasteiger partial charge in [0, 0.05) is 69.3 Å². The van der Waals surface area contributed by atoms with Crippen LogP contribution >= 0.6 is 0 Å².